The molecule has 1 nitrogen and oxygen atoms in total. The third-order valence-corrected chi connectivity index (χ3v) is 5.07. The second-order valence-corrected chi connectivity index (χ2v) is 5.55. The van der Waals surface area contributed by atoms with Crippen LogP contribution in [-0.4, -0.2) is 0 Å². The highest BCUT2D eigenvalue weighted by Crippen LogP contribution is 2.22. The maximum Gasteiger partial charge on any atom is 0.0309 e. The van der Waals surface area contributed by atoms with Crippen molar-refractivity contribution in [1.29, 1.82) is 0 Å². The fourth-order valence-corrected chi connectivity index (χ4v) is 3.25. The van der Waals surface area contributed by atoms with Gasteiger partial charge in [-0.15, -0.1) is 0 Å². The van der Waals surface area contributed by atoms with Gasteiger partial charge in [0.05, 0.1) is 0 Å². The molecule has 0 saturated carbocycles. The van der Waals surface area contributed by atoms with Gasteiger partial charge in [-0.2, -0.15) is 0 Å². The molecule has 1 aromatic carbocycles. The first kappa shape index (κ1) is 10.5. The Bertz CT molecular complexity index is 273. The molecule has 11 heavy (non-hydrogen) atoms. The van der Waals surface area contributed by atoms with Crippen LogP contribution in [0.2, 0.25) is 0 Å². The Balaban J connectivity index is 3.24. The summed E-state index contributed by atoms with van der Waals surface area (Å²) in [7, 11) is 0. The van der Waals surface area contributed by atoms with Gasteiger partial charge in [0.1, 0.15) is 0 Å². The van der Waals surface area contributed by atoms with E-state index in [1.54, 1.807) is 0 Å². The monoisotopic (exact) mass is 485 g/mol. The van der Waals surface area contributed by atoms with Crippen molar-refractivity contribution in [3.8, 4) is 0 Å². The average Bonchev–Trinajstić information content (AvgIpc) is 1.96. The largest absolute Gasteiger partial charge is 0.326 e. The molecule has 0 aliphatic heterocycles. The number of benzene rings is 1. The maximum atomic E-state index is 5.58. The van der Waals surface area contributed by atoms with Crippen LogP contribution < -0.4 is 5.73 Å². The zero-order valence-corrected chi connectivity index (χ0v) is 12.0. The summed E-state index contributed by atoms with van der Waals surface area (Å²) in [4.78, 5) is 0. The molecule has 0 aromatic heterocycles. The van der Waals surface area contributed by atoms with Crippen LogP contribution in [0.5, 0.6) is 0 Å². The number of rotatable bonds is 1. The molecule has 0 atom stereocenters. The molecule has 0 bridgehead atoms. The number of nitrogens with two attached hydrogens (primary N) is 1. The van der Waals surface area contributed by atoms with Gasteiger partial charge in [-0.3, -0.25) is 0 Å². The molecule has 2 N–H and O–H groups in total. The van der Waals surface area contributed by atoms with E-state index >= 15 is 0 Å². The van der Waals surface area contributed by atoms with Gasteiger partial charge < -0.3 is 5.73 Å². The Morgan fingerprint density at radius 2 is 1.82 bits per heavy atom. The van der Waals surface area contributed by atoms with Crippen molar-refractivity contribution in [3.05, 3.63) is 28.4 Å². The van der Waals surface area contributed by atoms with Crippen molar-refractivity contribution in [1.82, 2.24) is 0 Å². The van der Waals surface area contributed by atoms with Crippen LogP contribution in [0.4, 0.5) is 0 Å². The molecule has 0 saturated heterocycles. The van der Waals surface area contributed by atoms with Crippen molar-refractivity contribution in [2.24, 2.45) is 5.73 Å². The summed E-state index contributed by atoms with van der Waals surface area (Å²) in [5.41, 5.74) is 6.81. The van der Waals surface area contributed by atoms with E-state index in [2.05, 4.69) is 79.9 Å². The van der Waals surface area contributed by atoms with E-state index in [1.165, 1.54) is 16.3 Å². The van der Waals surface area contributed by atoms with Gasteiger partial charge in [0.15, 0.2) is 0 Å². The van der Waals surface area contributed by atoms with Crippen molar-refractivity contribution in [3.63, 3.8) is 0 Å². The van der Waals surface area contributed by atoms with Crippen LogP contribution >= 0.6 is 67.8 Å². The first-order chi connectivity index (χ1) is 5.15. The molecular weight excluding hydrogens is 479 g/mol. The summed E-state index contributed by atoms with van der Waals surface area (Å²) < 4.78 is 3.83. The Hall–Kier alpha value is 1.37. The topological polar surface area (TPSA) is 26.0 Å². The highest BCUT2D eigenvalue weighted by atomic mass is 127. The van der Waals surface area contributed by atoms with Gasteiger partial charge in [0, 0.05) is 17.3 Å². The van der Waals surface area contributed by atoms with Crippen LogP contribution in [0.15, 0.2) is 12.1 Å². The molecule has 0 aliphatic rings. The smallest absolute Gasteiger partial charge is 0.0309 e. The van der Waals surface area contributed by atoms with Crippen molar-refractivity contribution < 1.29 is 0 Å². The fraction of sp³-hybridized carbons (Fsp3) is 0.143. The number of hydrogen-bond donors (Lipinski definition) is 1. The lowest BCUT2D eigenvalue weighted by Gasteiger charge is -2.03. The van der Waals surface area contributed by atoms with Crippen LogP contribution in [-0.2, 0) is 6.54 Å². The van der Waals surface area contributed by atoms with Gasteiger partial charge in [-0.05, 0) is 85.5 Å². The van der Waals surface area contributed by atoms with Crippen molar-refractivity contribution in [2.75, 3.05) is 0 Å². The molecule has 0 amide bonds. The lowest BCUT2D eigenvalue weighted by Crippen LogP contribution is -2.01. The molecule has 0 heterocycles. The molecule has 0 fully saturated rings. The second kappa shape index (κ2) is 4.56. The van der Waals surface area contributed by atoms with E-state index in [0.29, 0.717) is 6.54 Å². The van der Waals surface area contributed by atoms with Crippen molar-refractivity contribution >= 4 is 67.8 Å². The molecule has 0 radical (unpaired) electrons. The Morgan fingerprint density at radius 1 is 1.18 bits per heavy atom. The van der Waals surface area contributed by atoms with E-state index in [9.17, 15) is 0 Å². The summed E-state index contributed by atoms with van der Waals surface area (Å²) in [5.74, 6) is 0. The summed E-state index contributed by atoms with van der Waals surface area (Å²) in [6.45, 7) is 0.630. The van der Waals surface area contributed by atoms with E-state index < -0.39 is 0 Å². The second-order valence-electron chi connectivity index (χ2n) is 2.06. The standard InChI is InChI=1S/C7H6I3N/c8-5-1-4(3-11)7(10)6(9)2-5/h1-2H,3,11H2. The van der Waals surface area contributed by atoms with Gasteiger partial charge in [-0.1, -0.05) is 0 Å². The van der Waals surface area contributed by atoms with E-state index in [1.807, 2.05) is 0 Å². The highest BCUT2D eigenvalue weighted by molar-refractivity contribution is 14.1. The molecule has 0 unspecified atom stereocenters. The molecule has 1 rings (SSSR count). The van der Waals surface area contributed by atoms with Crippen molar-refractivity contribution in [2.45, 2.75) is 6.54 Å². The molecule has 4 heteroatoms. The highest BCUT2D eigenvalue weighted by Gasteiger charge is 2.03. The quantitative estimate of drug-likeness (QED) is 0.481. The molecule has 0 aliphatic carbocycles. The predicted molar refractivity (Wildman–Crippen MR) is 72.5 cm³/mol. The van der Waals surface area contributed by atoms with E-state index in [0.717, 1.165) is 0 Å². The normalized spacial score (nSPS) is 10.2. The molecular formula is C7H6I3N. The predicted octanol–water partition coefficient (Wildman–Crippen LogP) is 2.96. The summed E-state index contributed by atoms with van der Waals surface area (Å²) in [6, 6.07) is 4.28. The Morgan fingerprint density at radius 3 is 2.36 bits per heavy atom. The van der Waals surface area contributed by atoms with Gasteiger partial charge >= 0.3 is 0 Å². The first-order valence-electron chi connectivity index (χ1n) is 2.98. The molecule has 60 valence electrons. The van der Waals surface area contributed by atoms with E-state index in [-0.39, 0.29) is 0 Å². The molecule has 0 spiro atoms. The van der Waals surface area contributed by atoms with Gasteiger partial charge in [-0.25, -0.2) is 0 Å². The van der Waals surface area contributed by atoms with Crippen LogP contribution in [0, 0.1) is 10.7 Å². The van der Waals surface area contributed by atoms with Crippen LogP contribution in [0.25, 0.3) is 0 Å². The minimum Gasteiger partial charge on any atom is -0.326 e. The SMILES string of the molecule is NCc1cc(I)cc(I)c1I. The number of hydrogen-bond acceptors (Lipinski definition) is 1. The zero-order valence-electron chi connectivity index (χ0n) is 5.57. The third-order valence-electron chi connectivity index (χ3n) is 1.29. The average molecular weight is 485 g/mol. The minimum atomic E-state index is 0.630. The van der Waals surface area contributed by atoms with E-state index in [4.69, 9.17) is 5.73 Å². The summed E-state index contributed by atoms with van der Waals surface area (Å²) in [5, 5.41) is 0. The molecule has 1 aromatic rings. The zero-order chi connectivity index (χ0) is 8.43. The lowest BCUT2D eigenvalue weighted by molar-refractivity contribution is 1.05. The summed E-state index contributed by atoms with van der Waals surface area (Å²) >= 11 is 6.97. The third kappa shape index (κ3) is 2.66. The maximum absolute atomic E-state index is 5.58. The fourth-order valence-electron chi connectivity index (χ4n) is 0.758. The Labute approximate surface area is 107 Å². The lowest BCUT2D eigenvalue weighted by atomic mass is 10.2. The minimum absolute atomic E-state index is 0.630. The summed E-state index contributed by atoms with van der Waals surface area (Å²) in [6.07, 6.45) is 0. The van der Waals surface area contributed by atoms with Crippen LogP contribution in [0.3, 0.4) is 0 Å². The Kier molecular flexibility index (Phi) is 4.33. The number of halogens is 3. The van der Waals surface area contributed by atoms with Crippen LogP contribution in [0.1, 0.15) is 5.56 Å². The first-order valence-corrected chi connectivity index (χ1v) is 6.22. The van der Waals surface area contributed by atoms with Gasteiger partial charge in [0.25, 0.3) is 0 Å². The van der Waals surface area contributed by atoms with Gasteiger partial charge in [0.2, 0.25) is 0 Å².